The van der Waals surface area contributed by atoms with Gasteiger partial charge in [0.1, 0.15) is 5.82 Å². The number of halogens is 1. The average Bonchev–Trinajstić information content (AvgIpc) is 2.18. The van der Waals surface area contributed by atoms with E-state index < -0.39 is 0 Å². The molecule has 0 N–H and O–H groups in total. The van der Waals surface area contributed by atoms with Crippen LogP contribution in [0, 0.1) is 23.1 Å². The SMILES string of the molecule is CC(C#N)CC(=O)c1ccc(F)cc1. The van der Waals surface area contributed by atoms with Gasteiger partial charge < -0.3 is 0 Å². The van der Waals surface area contributed by atoms with E-state index in [-0.39, 0.29) is 23.9 Å². The molecular formula is C11H10FNO. The van der Waals surface area contributed by atoms with Crippen LogP contribution < -0.4 is 0 Å². The molecule has 0 bridgehead atoms. The molecule has 72 valence electrons. The van der Waals surface area contributed by atoms with Gasteiger partial charge in [-0.2, -0.15) is 5.26 Å². The number of carbonyl (C=O) groups excluding carboxylic acids is 1. The standard InChI is InChI=1S/C11H10FNO/c1-8(7-13)6-11(14)9-2-4-10(12)5-3-9/h2-5,8H,6H2,1H3. The van der Waals surface area contributed by atoms with Crippen molar-refractivity contribution in [2.45, 2.75) is 13.3 Å². The van der Waals surface area contributed by atoms with E-state index in [1.54, 1.807) is 6.92 Å². The molecule has 0 amide bonds. The van der Waals surface area contributed by atoms with Crippen molar-refractivity contribution in [1.82, 2.24) is 0 Å². The Bertz CT molecular complexity index is 364. The van der Waals surface area contributed by atoms with Crippen LogP contribution in [0.3, 0.4) is 0 Å². The van der Waals surface area contributed by atoms with Crippen LogP contribution in [0.4, 0.5) is 4.39 Å². The maximum Gasteiger partial charge on any atom is 0.164 e. The maximum atomic E-state index is 12.5. The van der Waals surface area contributed by atoms with Gasteiger partial charge in [0, 0.05) is 12.0 Å². The molecule has 0 aliphatic heterocycles. The summed E-state index contributed by atoms with van der Waals surface area (Å²) in [6.07, 6.45) is 0.183. The molecule has 0 aliphatic carbocycles. The minimum atomic E-state index is -0.366. The van der Waals surface area contributed by atoms with Gasteiger partial charge in [-0.25, -0.2) is 4.39 Å². The lowest BCUT2D eigenvalue weighted by Gasteiger charge is -2.01. The number of rotatable bonds is 3. The van der Waals surface area contributed by atoms with Crippen molar-refractivity contribution in [1.29, 1.82) is 5.26 Å². The number of carbonyl (C=O) groups is 1. The smallest absolute Gasteiger partial charge is 0.164 e. The Hall–Kier alpha value is -1.69. The van der Waals surface area contributed by atoms with Gasteiger partial charge in [0.05, 0.1) is 12.0 Å². The van der Waals surface area contributed by atoms with E-state index in [2.05, 4.69) is 0 Å². The van der Waals surface area contributed by atoms with Gasteiger partial charge in [-0.3, -0.25) is 4.79 Å². The van der Waals surface area contributed by atoms with Crippen molar-refractivity contribution in [3.8, 4) is 6.07 Å². The molecule has 0 fully saturated rings. The van der Waals surface area contributed by atoms with Gasteiger partial charge in [0.15, 0.2) is 5.78 Å². The fourth-order valence-corrected chi connectivity index (χ4v) is 1.08. The van der Waals surface area contributed by atoms with Gasteiger partial charge in [-0.1, -0.05) is 0 Å². The van der Waals surface area contributed by atoms with Crippen LogP contribution in [-0.2, 0) is 0 Å². The lowest BCUT2D eigenvalue weighted by molar-refractivity contribution is 0.0973. The first-order valence-corrected chi connectivity index (χ1v) is 4.32. The largest absolute Gasteiger partial charge is 0.294 e. The van der Waals surface area contributed by atoms with Crippen LogP contribution >= 0.6 is 0 Å². The summed E-state index contributed by atoms with van der Waals surface area (Å²) < 4.78 is 12.5. The molecule has 0 spiro atoms. The highest BCUT2D eigenvalue weighted by molar-refractivity contribution is 5.96. The van der Waals surface area contributed by atoms with Crippen LogP contribution in [0.25, 0.3) is 0 Å². The summed E-state index contributed by atoms with van der Waals surface area (Å²) in [7, 11) is 0. The summed E-state index contributed by atoms with van der Waals surface area (Å²) in [6.45, 7) is 1.68. The molecule has 0 aliphatic rings. The number of Topliss-reactive ketones (excluding diaryl/α,β-unsaturated/α-hetero) is 1. The minimum absolute atomic E-state index is 0.126. The molecule has 1 aromatic carbocycles. The Labute approximate surface area is 82.0 Å². The first kappa shape index (κ1) is 10.4. The third-order valence-electron chi connectivity index (χ3n) is 1.88. The molecule has 0 saturated carbocycles. The van der Waals surface area contributed by atoms with Crippen molar-refractivity contribution in [2.75, 3.05) is 0 Å². The van der Waals surface area contributed by atoms with E-state index in [1.165, 1.54) is 24.3 Å². The first-order valence-electron chi connectivity index (χ1n) is 4.32. The highest BCUT2D eigenvalue weighted by Crippen LogP contribution is 2.09. The van der Waals surface area contributed by atoms with Gasteiger partial charge >= 0.3 is 0 Å². The Kier molecular flexibility index (Phi) is 3.35. The van der Waals surface area contributed by atoms with Crippen molar-refractivity contribution in [3.05, 3.63) is 35.6 Å². The van der Waals surface area contributed by atoms with Crippen LogP contribution in [0.5, 0.6) is 0 Å². The monoisotopic (exact) mass is 191 g/mol. The second-order valence-corrected chi connectivity index (χ2v) is 3.16. The van der Waals surface area contributed by atoms with E-state index in [4.69, 9.17) is 5.26 Å². The first-order chi connectivity index (χ1) is 6.63. The van der Waals surface area contributed by atoms with Crippen LogP contribution in [0.15, 0.2) is 24.3 Å². The summed E-state index contributed by atoms with van der Waals surface area (Å²) in [5, 5.41) is 8.51. The van der Waals surface area contributed by atoms with E-state index in [0.29, 0.717) is 5.56 Å². The molecule has 0 radical (unpaired) electrons. The number of benzene rings is 1. The lowest BCUT2D eigenvalue weighted by Crippen LogP contribution is -2.04. The van der Waals surface area contributed by atoms with Gasteiger partial charge in [0.2, 0.25) is 0 Å². The van der Waals surface area contributed by atoms with Gasteiger partial charge in [0.25, 0.3) is 0 Å². The Morgan fingerprint density at radius 2 is 2.07 bits per heavy atom. The highest BCUT2D eigenvalue weighted by atomic mass is 19.1. The van der Waals surface area contributed by atoms with E-state index in [1.807, 2.05) is 6.07 Å². The fourth-order valence-electron chi connectivity index (χ4n) is 1.08. The number of hydrogen-bond donors (Lipinski definition) is 0. The van der Waals surface area contributed by atoms with Crippen LogP contribution in [0.2, 0.25) is 0 Å². The average molecular weight is 191 g/mol. The Balaban J connectivity index is 2.71. The molecule has 3 heteroatoms. The zero-order chi connectivity index (χ0) is 10.6. The second kappa shape index (κ2) is 4.52. The minimum Gasteiger partial charge on any atom is -0.294 e. The Morgan fingerprint density at radius 3 is 2.57 bits per heavy atom. The lowest BCUT2D eigenvalue weighted by atomic mass is 10.0. The zero-order valence-corrected chi connectivity index (χ0v) is 7.83. The van der Waals surface area contributed by atoms with Crippen molar-refractivity contribution >= 4 is 5.78 Å². The number of nitriles is 1. The fraction of sp³-hybridized carbons (Fsp3) is 0.273. The van der Waals surface area contributed by atoms with Gasteiger partial charge in [-0.05, 0) is 31.2 Å². The van der Waals surface area contributed by atoms with Gasteiger partial charge in [-0.15, -0.1) is 0 Å². The van der Waals surface area contributed by atoms with Crippen molar-refractivity contribution in [3.63, 3.8) is 0 Å². The van der Waals surface area contributed by atoms with Crippen LogP contribution in [0.1, 0.15) is 23.7 Å². The van der Waals surface area contributed by atoms with Crippen molar-refractivity contribution < 1.29 is 9.18 Å². The topological polar surface area (TPSA) is 40.9 Å². The van der Waals surface area contributed by atoms with E-state index in [9.17, 15) is 9.18 Å². The maximum absolute atomic E-state index is 12.5. The van der Waals surface area contributed by atoms with E-state index >= 15 is 0 Å². The molecule has 14 heavy (non-hydrogen) atoms. The quantitative estimate of drug-likeness (QED) is 0.689. The molecule has 1 aromatic rings. The number of hydrogen-bond acceptors (Lipinski definition) is 2. The summed E-state index contributed by atoms with van der Waals surface area (Å²) >= 11 is 0. The molecule has 1 atom stereocenters. The van der Waals surface area contributed by atoms with Crippen molar-refractivity contribution in [2.24, 2.45) is 5.92 Å². The molecule has 2 nitrogen and oxygen atoms in total. The predicted octanol–water partition coefficient (Wildman–Crippen LogP) is 2.56. The predicted molar refractivity (Wildman–Crippen MR) is 50.1 cm³/mol. The number of nitrogens with zero attached hydrogens (tertiary/aromatic N) is 1. The highest BCUT2D eigenvalue weighted by Gasteiger charge is 2.10. The summed E-state index contributed by atoms with van der Waals surface area (Å²) in [4.78, 5) is 11.5. The molecular weight excluding hydrogens is 181 g/mol. The second-order valence-electron chi connectivity index (χ2n) is 3.16. The summed E-state index contributed by atoms with van der Waals surface area (Å²) in [6, 6.07) is 7.33. The normalized spacial score (nSPS) is 11.8. The molecule has 0 aromatic heterocycles. The van der Waals surface area contributed by atoms with E-state index in [0.717, 1.165) is 0 Å². The molecule has 1 unspecified atom stereocenters. The molecule has 1 rings (SSSR count). The third-order valence-corrected chi connectivity index (χ3v) is 1.88. The molecule has 0 saturated heterocycles. The number of ketones is 1. The third kappa shape index (κ3) is 2.67. The zero-order valence-electron chi connectivity index (χ0n) is 7.83. The summed E-state index contributed by atoms with van der Waals surface area (Å²) in [5.74, 6) is -0.790. The molecule has 0 heterocycles. The summed E-state index contributed by atoms with van der Waals surface area (Å²) in [5.41, 5.74) is 0.452. The Morgan fingerprint density at radius 1 is 1.50 bits per heavy atom. The van der Waals surface area contributed by atoms with Crippen LogP contribution in [-0.4, -0.2) is 5.78 Å².